The lowest BCUT2D eigenvalue weighted by Gasteiger charge is -2.34. The number of amides is 2. The Bertz CT molecular complexity index is 1390. The number of rotatable bonds is 9. The summed E-state index contributed by atoms with van der Waals surface area (Å²) >= 11 is 0. The molecule has 1 saturated heterocycles. The van der Waals surface area contributed by atoms with Crippen molar-refractivity contribution in [3.8, 4) is 16.9 Å². The molecule has 0 unspecified atom stereocenters. The van der Waals surface area contributed by atoms with Gasteiger partial charge >= 0.3 is 12.2 Å². The molecule has 1 aliphatic heterocycles. The van der Waals surface area contributed by atoms with E-state index < -0.39 is 29.8 Å². The number of nitrogens with zero attached hydrogens (tertiary/aromatic N) is 3. The van der Waals surface area contributed by atoms with Crippen LogP contribution in [0.1, 0.15) is 42.7 Å². The molecule has 226 valence electrons. The van der Waals surface area contributed by atoms with Gasteiger partial charge in [0.15, 0.2) is 0 Å². The Morgan fingerprint density at radius 2 is 1.69 bits per heavy atom. The molecule has 0 saturated carbocycles. The highest BCUT2D eigenvalue weighted by Crippen LogP contribution is 2.36. The van der Waals surface area contributed by atoms with Gasteiger partial charge in [0.1, 0.15) is 5.75 Å². The number of halogens is 5. The summed E-state index contributed by atoms with van der Waals surface area (Å²) in [4.78, 5) is 21.2. The zero-order valence-corrected chi connectivity index (χ0v) is 23.7. The van der Waals surface area contributed by atoms with Crippen LogP contribution in [0.5, 0.6) is 5.75 Å². The van der Waals surface area contributed by atoms with Gasteiger partial charge in [0, 0.05) is 55.7 Å². The maximum atomic E-state index is 14.0. The number of likely N-dealkylation sites (N-methyl/N-ethyl adjacent to an activating group) is 1. The third kappa shape index (κ3) is 7.74. The van der Waals surface area contributed by atoms with Crippen molar-refractivity contribution in [1.29, 1.82) is 0 Å². The Balaban J connectivity index is 1.50. The van der Waals surface area contributed by atoms with Crippen molar-refractivity contribution in [2.75, 3.05) is 50.0 Å². The van der Waals surface area contributed by atoms with Crippen LogP contribution in [-0.4, -0.2) is 60.1 Å². The van der Waals surface area contributed by atoms with E-state index in [1.54, 1.807) is 19.1 Å². The Kier molecular flexibility index (Phi) is 10.00. The summed E-state index contributed by atoms with van der Waals surface area (Å²) in [6.45, 7) is 9.97. The summed E-state index contributed by atoms with van der Waals surface area (Å²) in [5.74, 6) is 0.526. The molecule has 0 aliphatic carbocycles. The number of nitrogens with one attached hydrogen (secondary N) is 2. The Morgan fingerprint density at radius 3 is 2.33 bits per heavy atom. The van der Waals surface area contributed by atoms with Gasteiger partial charge in [-0.15, -0.1) is 0 Å². The van der Waals surface area contributed by atoms with Crippen LogP contribution in [0, 0.1) is 6.92 Å². The normalized spacial score (nSPS) is 14.7. The average Bonchev–Trinajstić information content (AvgIpc) is 2.95. The number of carbonyl (C=O) groups is 1. The van der Waals surface area contributed by atoms with Gasteiger partial charge in [-0.05, 0) is 61.9 Å². The van der Waals surface area contributed by atoms with E-state index in [9.17, 15) is 26.7 Å². The van der Waals surface area contributed by atoms with Gasteiger partial charge in [-0.2, -0.15) is 13.2 Å². The van der Waals surface area contributed by atoms with E-state index in [0.29, 0.717) is 42.3 Å². The number of urea groups is 1. The van der Waals surface area contributed by atoms with Gasteiger partial charge in [-0.25, -0.2) is 13.6 Å². The van der Waals surface area contributed by atoms with Crippen LogP contribution >= 0.6 is 0 Å². The standard InChI is InChI=1S/C30H34F5N5O2/c1-4-39-10-12-40(13-11-39)18-21-6-8-23(16-25(21)30(33,34)35)37-29(41)38-26-9-7-20(14-24(26)28(31)32)22-15-27(42-5-2)19(3)36-17-22/h6-9,14-17,28H,4-5,10-13,18H2,1-3H3,(H2,37,38,41). The van der Waals surface area contributed by atoms with Crippen LogP contribution in [0.4, 0.5) is 38.1 Å². The predicted octanol–water partition coefficient (Wildman–Crippen LogP) is 7.19. The number of piperazine rings is 1. The van der Waals surface area contributed by atoms with E-state index in [2.05, 4.69) is 20.5 Å². The van der Waals surface area contributed by atoms with Crippen molar-refractivity contribution in [3.05, 3.63) is 71.0 Å². The Hall–Kier alpha value is -3.77. The summed E-state index contributed by atoms with van der Waals surface area (Å²) in [6.07, 6.45) is -6.03. The molecule has 1 aliphatic rings. The van der Waals surface area contributed by atoms with Crippen molar-refractivity contribution in [3.63, 3.8) is 0 Å². The molecule has 12 heteroatoms. The number of aryl methyl sites for hydroxylation is 1. The molecule has 0 spiro atoms. The molecule has 3 aromatic rings. The van der Waals surface area contributed by atoms with Crippen molar-refractivity contribution in [2.24, 2.45) is 0 Å². The molecule has 0 radical (unpaired) electrons. The fourth-order valence-corrected chi connectivity index (χ4v) is 4.85. The lowest BCUT2D eigenvalue weighted by Crippen LogP contribution is -2.45. The first-order valence-corrected chi connectivity index (χ1v) is 13.7. The van der Waals surface area contributed by atoms with Gasteiger partial charge in [0.05, 0.1) is 23.6 Å². The molecule has 2 amide bonds. The summed E-state index contributed by atoms with van der Waals surface area (Å²) in [7, 11) is 0. The minimum Gasteiger partial charge on any atom is -0.492 e. The summed E-state index contributed by atoms with van der Waals surface area (Å²) in [5, 5.41) is 4.69. The highest BCUT2D eigenvalue weighted by atomic mass is 19.4. The highest BCUT2D eigenvalue weighted by molar-refractivity contribution is 6.00. The van der Waals surface area contributed by atoms with E-state index in [1.807, 2.05) is 18.7 Å². The number of ether oxygens (including phenoxy) is 1. The van der Waals surface area contributed by atoms with Crippen LogP contribution < -0.4 is 15.4 Å². The van der Waals surface area contributed by atoms with Crippen LogP contribution in [0.3, 0.4) is 0 Å². The van der Waals surface area contributed by atoms with Crippen molar-refractivity contribution >= 4 is 17.4 Å². The number of benzene rings is 2. The molecule has 1 fully saturated rings. The number of anilines is 2. The third-order valence-electron chi connectivity index (χ3n) is 7.19. The van der Waals surface area contributed by atoms with Gasteiger partial charge in [-0.3, -0.25) is 9.88 Å². The largest absolute Gasteiger partial charge is 0.492 e. The number of carbonyl (C=O) groups excluding carboxylic acids is 1. The average molecular weight is 592 g/mol. The number of alkyl halides is 5. The van der Waals surface area contributed by atoms with E-state index in [1.165, 1.54) is 30.5 Å². The number of pyridine rings is 1. The number of aromatic nitrogens is 1. The molecule has 0 atom stereocenters. The zero-order valence-electron chi connectivity index (χ0n) is 23.7. The molecule has 0 bridgehead atoms. The molecule has 1 aromatic heterocycles. The summed E-state index contributed by atoms with van der Waals surface area (Å²) < 4.78 is 75.3. The lowest BCUT2D eigenvalue weighted by atomic mass is 10.0. The molecule has 4 rings (SSSR count). The summed E-state index contributed by atoms with van der Waals surface area (Å²) in [5.41, 5.74) is 0.164. The third-order valence-corrected chi connectivity index (χ3v) is 7.19. The van der Waals surface area contributed by atoms with Gasteiger partial charge in [0.2, 0.25) is 0 Å². The zero-order chi connectivity index (χ0) is 30.4. The highest BCUT2D eigenvalue weighted by Gasteiger charge is 2.34. The topological polar surface area (TPSA) is 69.7 Å². The number of hydrogen-bond donors (Lipinski definition) is 2. The second-order valence-corrected chi connectivity index (χ2v) is 10.0. The van der Waals surface area contributed by atoms with Gasteiger partial charge < -0.3 is 20.3 Å². The van der Waals surface area contributed by atoms with E-state index in [4.69, 9.17) is 4.74 Å². The Labute approximate surface area is 241 Å². The van der Waals surface area contributed by atoms with Crippen molar-refractivity contribution in [1.82, 2.24) is 14.8 Å². The van der Waals surface area contributed by atoms with E-state index >= 15 is 0 Å². The van der Waals surface area contributed by atoms with Crippen LogP contribution in [0.15, 0.2) is 48.7 Å². The maximum absolute atomic E-state index is 14.0. The minimum absolute atomic E-state index is 0.104. The van der Waals surface area contributed by atoms with Crippen LogP contribution in [0.25, 0.3) is 11.1 Å². The van der Waals surface area contributed by atoms with Crippen molar-refractivity contribution in [2.45, 2.75) is 39.9 Å². The first-order valence-electron chi connectivity index (χ1n) is 13.7. The summed E-state index contributed by atoms with van der Waals surface area (Å²) in [6, 6.07) is 8.44. The number of hydrogen-bond acceptors (Lipinski definition) is 5. The smallest absolute Gasteiger partial charge is 0.416 e. The van der Waals surface area contributed by atoms with Crippen LogP contribution in [0.2, 0.25) is 0 Å². The monoisotopic (exact) mass is 591 g/mol. The van der Waals surface area contributed by atoms with E-state index in [0.717, 1.165) is 25.7 Å². The molecule has 7 nitrogen and oxygen atoms in total. The maximum Gasteiger partial charge on any atom is 0.416 e. The lowest BCUT2D eigenvalue weighted by molar-refractivity contribution is -0.138. The molecule has 2 heterocycles. The van der Waals surface area contributed by atoms with Gasteiger partial charge in [0.25, 0.3) is 6.43 Å². The SMILES string of the molecule is CCOc1cc(-c2ccc(NC(=O)Nc3ccc(CN4CCN(CC)CC4)c(C(F)(F)F)c3)c(C(F)F)c2)cnc1C. The minimum atomic E-state index is -4.64. The molecular weight excluding hydrogens is 557 g/mol. The molecule has 2 N–H and O–H groups in total. The molecule has 2 aromatic carbocycles. The van der Waals surface area contributed by atoms with E-state index in [-0.39, 0.29) is 23.5 Å². The van der Waals surface area contributed by atoms with Crippen LogP contribution in [-0.2, 0) is 12.7 Å². The fraction of sp³-hybridized carbons (Fsp3) is 0.400. The second-order valence-electron chi connectivity index (χ2n) is 10.0. The second kappa shape index (κ2) is 13.5. The van der Waals surface area contributed by atoms with Gasteiger partial charge in [-0.1, -0.05) is 19.1 Å². The van der Waals surface area contributed by atoms with Crippen molar-refractivity contribution < 1.29 is 31.5 Å². The quantitative estimate of drug-likeness (QED) is 0.258. The first-order chi connectivity index (χ1) is 20.0. The fourth-order valence-electron chi connectivity index (χ4n) is 4.85. The molecule has 42 heavy (non-hydrogen) atoms. The first kappa shape index (κ1) is 31.2. The predicted molar refractivity (Wildman–Crippen MR) is 152 cm³/mol. The Morgan fingerprint density at radius 1 is 0.976 bits per heavy atom. The molecular formula is C30H34F5N5O2.